The number of hydrogen-bond donors (Lipinski definition) is 1. The number of ether oxygens (including phenoxy) is 1. The molecule has 2 aliphatic heterocycles. The number of benzene rings is 2. The number of rotatable bonds is 9. The summed E-state index contributed by atoms with van der Waals surface area (Å²) in [7, 11) is -3.70. The van der Waals surface area contributed by atoms with Crippen LogP contribution in [0.3, 0.4) is 0 Å². The highest BCUT2D eigenvalue weighted by Gasteiger charge is 2.31. The van der Waals surface area contributed by atoms with Gasteiger partial charge in [-0.2, -0.15) is 8.70 Å². The highest BCUT2D eigenvalue weighted by atomic mass is 127. The molecule has 2 aliphatic rings. The average Bonchev–Trinajstić information content (AvgIpc) is 2.91. The van der Waals surface area contributed by atoms with Gasteiger partial charge in [0.2, 0.25) is 10.0 Å². The highest BCUT2D eigenvalue weighted by Crippen LogP contribution is 2.33. The van der Waals surface area contributed by atoms with Gasteiger partial charge in [-0.15, -0.1) is 0 Å². The van der Waals surface area contributed by atoms with Gasteiger partial charge in [0.15, 0.2) is 6.10 Å². The summed E-state index contributed by atoms with van der Waals surface area (Å²) in [6, 6.07) is 12.2. The van der Waals surface area contributed by atoms with E-state index < -0.39 is 13.9 Å². The van der Waals surface area contributed by atoms with E-state index in [-0.39, 0.29) is 48.0 Å². The Labute approximate surface area is 230 Å². The molecule has 2 saturated heterocycles. The molecule has 2 atom stereocenters. The average molecular weight is 648 g/mol. The van der Waals surface area contributed by atoms with Crippen LogP contribution >= 0.6 is 22.6 Å². The molecule has 37 heavy (non-hydrogen) atoms. The lowest BCUT2D eigenvalue weighted by Gasteiger charge is -2.30. The Bertz CT molecular complexity index is 1160. The number of sulfonamides is 1. The molecule has 2 aromatic rings. The normalized spacial score (nSPS) is 20.2. The van der Waals surface area contributed by atoms with Crippen LogP contribution in [0.25, 0.3) is 0 Å². The van der Waals surface area contributed by atoms with Gasteiger partial charge >= 0.3 is 0 Å². The Hall–Kier alpha value is -1.83. The second-order valence-electron chi connectivity index (χ2n) is 9.29. The van der Waals surface area contributed by atoms with Crippen molar-refractivity contribution >= 4 is 38.3 Å². The number of nitrogens with one attached hydrogen (secondary N) is 1. The standard InChI is InChI=1S/C26H32F2IN3O4S/c1-2-26(28,29)35-23-7-9-24(10-8-23)37(33,34)32-17-13-22(14-18-32)31-36-25(20-11-15-30-16-12-20)19-3-5-21(27)6-4-19/h3-10,20,25,30H,2,11-18H2,1H3. The maximum absolute atomic E-state index is 14.1. The molecule has 0 saturated carbocycles. The minimum absolute atomic E-state index is 0.133. The van der Waals surface area contributed by atoms with Gasteiger partial charge in [-0.05, 0) is 67.9 Å². The third-order valence-electron chi connectivity index (χ3n) is 6.75. The van der Waals surface area contributed by atoms with Gasteiger partial charge in [-0.3, -0.25) is 0 Å². The molecule has 0 aliphatic carbocycles. The monoisotopic (exact) mass is 647 g/mol. The molecule has 1 N–H and O–H groups in total. The van der Waals surface area contributed by atoms with E-state index in [1.54, 1.807) is 41.6 Å². The van der Waals surface area contributed by atoms with Crippen LogP contribution in [0, 0.1) is 11.7 Å². The Morgan fingerprint density at radius 2 is 1.73 bits per heavy atom. The fourth-order valence-electron chi connectivity index (χ4n) is 4.50. The lowest BCUT2D eigenvalue weighted by molar-refractivity contribution is 0.00317. The zero-order valence-corrected chi connectivity index (χ0v) is 23.7. The van der Waals surface area contributed by atoms with Crippen molar-refractivity contribution in [3.05, 3.63) is 59.9 Å². The van der Waals surface area contributed by atoms with Crippen LogP contribution < -0.4 is 10.1 Å². The fraction of sp³-hybridized carbons (Fsp3) is 0.500. The van der Waals surface area contributed by atoms with Crippen molar-refractivity contribution < 1.29 is 26.8 Å². The van der Waals surface area contributed by atoms with Crippen LogP contribution in [0.1, 0.15) is 50.7 Å². The smallest absolute Gasteiger partial charge is 0.298 e. The predicted molar refractivity (Wildman–Crippen MR) is 146 cm³/mol. The van der Waals surface area contributed by atoms with Gasteiger partial charge in [0.1, 0.15) is 11.6 Å². The van der Waals surface area contributed by atoms with Crippen molar-refractivity contribution in [3.63, 3.8) is 0 Å². The zero-order chi connectivity index (χ0) is 26.5. The third kappa shape index (κ3) is 7.39. The molecular weight excluding hydrogens is 615 g/mol. The molecule has 2 heterocycles. The van der Waals surface area contributed by atoms with Crippen LogP contribution in [-0.2, 0) is 14.9 Å². The molecule has 7 nitrogen and oxygen atoms in total. The molecule has 0 radical (unpaired) electrons. The first kappa shape index (κ1) is 28.2. The lowest BCUT2D eigenvalue weighted by atomic mass is 9.88. The van der Waals surface area contributed by atoms with E-state index in [1.165, 1.54) is 40.7 Å². The summed E-state index contributed by atoms with van der Waals surface area (Å²) in [4.78, 5) is 6.17. The van der Waals surface area contributed by atoms with Gasteiger partial charge in [-0.25, -0.2) is 12.8 Å². The van der Waals surface area contributed by atoms with E-state index in [1.807, 2.05) is 0 Å². The fourth-order valence-corrected chi connectivity index (χ4v) is 6.19. The van der Waals surface area contributed by atoms with E-state index in [9.17, 15) is 17.2 Å². The SMILES string of the molecule is CCC(F)(I)Oc1ccc(S(=O)(=O)N2CCC(=NOC(c3ccc(F)cc3)C3CCNCC3)CC2)cc1. The molecule has 4 rings (SSSR count). The van der Waals surface area contributed by atoms with Crippen molar-refractivity contribution in [2.45, 2.75) is 53.9 Å². The topological polar surface area (TPSA) is 80.2 Å². The minimum Gasteiger partial charge on any atom is -0.449 e. The molecule has 11 heteroatoms. The molecule has 2 fully saturated rings. The number of oxime groups is 1. The van der Waals surface area contributed by atoms with Gasteiger partial charge in [0.25, 0.3) is 3.86 Å². The van der Waals surface area contributed by atoms with Crippen molar-refractivity contribution in [2.24, 2.45) is 11.1 Å². The van der Waals surface area contributed by atoms with Crippen LogP contribution in [0.4, 0.5) is 8.78 Å². The molecule has 202 valence electrons. The van der Waals surface area contributed by atoms with Crippen molar-refractivity contribution in [2.75, 3.05) is 26.2 Å². The minimum atomic E-state index is -3.70. The van der Waals surface area contributed by atoms with E-state index in [0.717, 1.165) is 37.2 Å². The number of halogens is 3. The Morgan fingerprint density at radius 1 is 1.11 bits per heavy atom. The second kappa shape index (κ2) is 12.4. The first-order chi connectivity index (χ1) is 17.7. The number of nitrogens with zero attached hydrogens (tertiary/aromatic N) is 2. The Kier molecular flexibility index (Phi) is 9.41. The lowest BCUT2D eigenvalue weighted by Crippen LogP contribution is -2.38. The molecule has 0 aromatic heterocycles. The Balaban J connectivity index is 1.39. The molecule has 0 amide bonds. The first-order valence-corrected chi connectivity index (χ1v) is 15.0. The van der Waals surface area contributed by atoms with Gasteiger partial charge in [0.05, 0.1) is 10.6 Å². The number of piperidine rings is 2. The van der Waals surface area contributed by atoms with Gasteiger partial charge in [0, 0.05) is 60.9 Å². The van der Waals surface area contributed by atoms with Crippen LogP contribution in [-0.4, -0.2) is 48.5 Å². The maximum Gasteiger partial charge on any atom is 0.298 e. The van der Waals surface area contributed by atoms with Gasteiger partial charge < -0.3 is 14.9 Å². The first-order valence-electron chi connectivity index (χ1n) is 12.5. The summed E-state index contributed by atoms with van der Waals surface area (Å²) in [6.45, 7) is 4.03. The zero-order valence-electron chi connectivity index (χ0n) is 20.7. The van der Waals surface area contributed by atoms with E-state index in [2.05, 4.69) is 10.5 Å². The Morgan fingerprint density at radius 3 is 2.32 bits per heavy atom. The highest BCUT2D eigenvalue weighted by molar-refractivity contribution is 14.1. The summed E-state index contributed by atoms with van der Waals surface area (Å²) < 4.78 is 58.7. The number of hydrogen-bond acceptors (Lipinski definition) is 6. The third-order valence-corrected chi connectivity index (χ3v) is 9.64. The molecular formula is C26H32F2IN3O4S. The van der Waals surface area contributed by atoms with Crippen molar-refractivity contribution in [1.29, 1.82) is 0 Å². The van der Waals surface area contributed by atoms with Crippen molar-refractivity contribution in [1.82, 2.24) is 9.62 Å². The molecule has 2 aromatic carbocycles. The van der Waals surface area contributed by atoms with Crippen LogP contribution in [0.15, 0.2) is 58.6 Å². The van der Waals surface area contributed by atoms with Gasteiger partial charge in [-0.1, -0.05) is 24.2 Å². The summed E-state index contributed by atoms with van der Waals surface area (Å²) in [6.07, 6.45) is 2.67. The summed E-state index contributed by atoms with van der Waals surface area (Å²) in [5.74, 6) is 0.235. The maximum atomic E-state index is 14.1. The molecule has 0 bridgehead atoms. The number of alkyl halides is 2. The summed E-state index contributed by atoms with van der Waals surface area (Å²) in [5.41, 5.74) is 1.69. The van der Waals surface area contributed by atoms with E-state index in [0.29, 0.717) is 12.8 Å². The largest absolute Gasteiger partial charge is 0.449 e. The van der Waals surface area contributed by atoms with E-state index in [4.69, 9.17) is 9.57 Å². The predicted octanol–water partition coefficient (Wildman–Crippen LogP) is 5.57. The molecule has 0 spiro atoms. The van der Waals surface area contributed by atoms with Crippen LogP contribution in [0.2, 0.25) is 0 Å². The van der Waals surface area contributed by atoms with Crippen LogP contribution in [0.5, 0.6) is 5.75 Å². The second-order valence-corrected chi connectivity index (χ2v) is 12.8. The molecule has 2 unspecified atom stereocenters. The van der Waals surface area contributed by atoms with Crippen molar-refractivity contribution in [3.8, 4) is 5.75 Å². The quantitative estimate of drug-likeness (QED) is 0.219. The van der Waals surface area contributed by atoms with E-state index >= 15 is 0 Å². The summed E-state index contributed by atoms with van der Waals surface area (Å²) in [5, 5.41) is 7.77. The summed E-state index contributed by atoms with van der Waals surface area (Å²) >= 11 is 1.58.